The minimum atomic E-state index is 0.290. The minimum Gasteiger partial charge on any atom is -0.357 e. The van der Waals surface area contributed by atoms with Crippen molar-refractivity contribution in [3.8, 4) is 6.07 Å². The van der Waals surface area contributed by atoms with Crippen LogP contribution in [0.15, 0.2) is 28.6 Å². The van der Waals surface area contributed by atoms with E-state index in [0.717, 1.165) is 9.47 Å². The van der Waals surface area contributed by atoms with Crippen molar-refractivity contribution < 1.29 is 0 Å². The van der Waals surface area contributed by atoms with E-state index in [0.29, 0.717) is 16.9 Å². The summed E-state index contributed by atoms with van der Waals surface area (Å²) in [5, 5.41) is 22.2. The zero-order chi connectivity index (χ0) is 16.1. The third kappa shape index (κ3) is 4.46. The molecule has 1 N–H and O–H groups in total. The van der Waals surface area contributed by atoms with Gasteiger partial charge in [-0.15, -0.1) is 10.2 Å². The van der Waals surface area contributed by atoms with Gasteiger partial charge in [0.05, 0.1) is 11.6 Å². The van der Waals surface area contributed by atoms with Gasteiger partial charge >= 0.3 is 0 Å². The van der Waals surface area contributed by atoms with Gasteiger partial charge in [-0.3, -0.25) is 0 Å². The van der Waals surface area contributed by atoms with Crippen LogP contribution >= 0.6 is 23.1 Å². The molecule has 1 atom stereocenters. The summed E-state index contributed by atoms with van der Waals surface area (Å²) in [6.45, 7) is 2.15. The highest BCUT2D eigenvalue weighted by atomic mass is 32.2. The lowest BCUT2D eigenvalue weighted by Gasteiger charge is -2.21. The average Bonchev–Trinajstić information content (AvgIpc) is 3.02. The predicted octanol–water partition coefficient (Wildman–Crippen LogP) is 5.01. The number of hydrogen-bond donors (Lipinski definition) is 1. The van der Waals surface area contributed by atoms with Crippen molar-refractivity contribution in [2.24, 2.45) is 0 Å². The smallest absolute Gasteiger partial charge is 0.206 e. The molecule has 1 aliphatic carbocycles. The number of hydrogen-bond acceptors (Lipinski definition) is 6. The summed E-state index contributed by atoms with van der Waals surface area (Å²) in [5.41, 5.74) is 1.90. The van der Waals surface area contributed by atoms with E-state index in [1.807, 2.05) is 24.3 Å². The lowest BCUT2D eigenvalue weighted by atomic mass is 9.96. The van der Waals surface area contributed by atoms with E-state index < -0.39 is 0 Å². The molecule has 4 nitrogen and oxygen atoms in total. The fourth-order valence-corrected chi connectivity index (χ4v) is 4.89. The molecule has 3 rings (SSSR count). The summed E-state index contributed by atoms with van der Waals surface area (Å²) < 4.78 is 0.986. The van der Waals surface area contributed by atoms with Crippen LogP contribution in [0.2, 0.25) is 0 Å². The van der Waals surface area contributed by atoms with Gasteiger partial charge in [0.25, 0.3) is 0 Å². The maximum absolute atomic E-state index is 8.86. The van der Waals surface area contributed by atoms with E-state index >= 15 is 0 Å². The Kier molecular flexibility index (Phi) is 5.52. The lowest BCUT2D eigenvalue weighted by molar-refractivity contribution is 0.462. The Morgan fingerprint density at radius 2 is 1.96 bits per heavy atom. The zero-order valence-corrected chi connectivity index (χ0v) is 14.8. The summed E-state index contributed by atoms with van der Waals surface area (Å²) in [7, 11) is 0. The molecule has 1 saturated carbocycles. The van der Waals surface area contributed by atoms with Crippen LogP contribution in [0, 0.1) is 11.3 Å². The van der Waals surface area contributed by atoms with Gasteiger partial charge in [0.15, 0.2) is 4.34 Å². The van der Waals surface area contributed by atoms with Crippen LogP contribution in [0.3, 0.4) is 0 Å². The van der Waals surface area contributed by atoms with E-state index in [1.165, 1.54) is 37.7 Å². The van der Waals surface area contributed by atoms with Gasteiger partial charge < -0.3 is 5.32 Å². The van der Waals surface area contributed by atoms with Gasteiger partial charge in [0.2, 0.25) is 5.13 Å². The van der Waals surface area contributed by atoms with Crippen LogP contribution in [-0.4, -0.2) is 16.2 Å². The van der Waals surface area contributed by atoms with Gasteiger partial charge in [0.1, 0.15) is 0 Å². The SMILES string of the molecule is CC(Sc1nnc(NC2CCCCC2)s1)c1ccc(C#N)cc1. The first-order valence-electron chi connectivity index (χ1n) is 8.01. The highest BCUT2D eigenvalue weighted by Crippen LogP contribution is 2.37. The summed E-state index contributed by atoms with van der Waals surface area (Å²) in [5.74, 6) is 0. The second kappa shape index (κ2) is 7.80. The maximum atomic E-state index is 8.86. The Hall–Kier alpha value is -1.58. The quantitative estimate of drug-likeness (QED) is 0.773. The number of aromatic nitrogens is 2. The molecule has 0 aliphatic heterocycles. The molecule has 6 heteroatoms. The fourth-order valence-electron chi connectivity index (χ4n) is 2.79. The lowest BCUT2D eigenvalue weighted by Crippen LogP contribution is -2.21. The molecule has 0 saturated heterocycles. The first-order chi connectivity index (χ1) is 11.2. The molecule has 120 valence electrons. The van der Waals surface area contributed by atoms with Gasteiger partial charge in [-0.05, 0) is 37.5 Å². The van der Waals surface area contributed by atoms with Gasteiger partial charge in [-0.2, -0.15) is 5.26 Å². The van der Waals surface area contributed by atoms with E-state index in [2.05, 4.69) is 28.5 Å². The molecule has 0 radical (unpaired) electrons. The number of rotatable bonds is 5. The van der Waals surface area contributed by atoms with Crippen LogP contribution in [0.25, 0.3) is 0 Å². The van der Waals surface area contributed by atoms with Crippen molar-refractivity contribution in [2.45, 2.75) is 54.7 Å². The molecule has 1 fully saturated rings. The number of nitrogens with one attached hydrogen (secondary N) is 1. The number of thioether (sulfide) groups is 1. The minimum absolute atomic E-state index is 0.290. The Morgan fingerprint density at radius 3 is 2.65 bits per heavy atom. The van der Waals surface area contributed by atoms with Crippen LogP contribution in [0.1, 0.15) is 55.4 Å². The Morgan fingerprint density at radius 1 is 1.22 bits per heavy atom. The predicted molar refractivity (Wildman–Crippen MR) is 95.8 cm³/mol. The molecule has 1 unspecified atom stereocenters. The Balaban J connectivity index is 1.58. The highest BCUT2D eigenvalue weighted by molar-refractivity contribution is 8.01. The second-order valence-corrected chi connectivity index (χ2v) is 8.41. The Labute approximate surface area is 145 Å². The van der Waals surface area contributed by atoms with Gasteiger partial charge in [-0.25, -0.2) is 0 Å². The first kappa shape index (κ1) is 16.3. The summed E-state index contributed by atoms with van der Waals surface area (Å²) in [4.78, 5) is 0. The van der Waals surface area contributed by atoms with Gasteiger partial charge in [-0.1, -0.05) is 54.5 Å². The fraction of sp³-hybridized carbons (Fsp3) is 0.471. The molecule has 23 heavy (non-hydrogen) atoms. The van der Waals surface area contributed by atoms with E-state index in [-0.39, 0.29) is 0 Å². The molecule has 1 aliphatic rings. The topological polar surface area (TPSA) is 61.6 Å². The molecule has 0 spiro atoms. The van der Waals surface area contributed by atoms with Crippen molar-refractivity contribution in [3.63, 3.8) is 0 Å². The van der Waals surface area contributed by atoms with E-state index in [4.69, 9.17) is 5.26 Å². The maximum Gasteiger partial charge on any atom is 0.206 e. The zero-order valence-electron chi connectivity index (χ0n) is 13.2. The summed E-state index contributed by atoms with van der Waals surface area (Å²) in [6.07, 6.45) is 6.46. The summed E-state index contributed by atoms with van der Waals surface area (Å²) in [6, 6.07) is 10.5. The normalized spacial score (nSPS) is 16.7. The molecule has 1 aromatic carbocycles. The third-order valence-corrected chi connectivity index (χ3v) is 6.22. The molecular formula is C17H20N4S2. The van der Waals surface area contributed by atoms with Crippen molar-refractivity contribution in [1.29, 1.82) is 5.26 Å². The Bertz CT molecular complexity index is 669. The number of anilines is 1. The van der Waals surface area contributed by atoms with Crippen molar-refractivity contribution >= 4 is 28.2 Å². The number of benzene rings is 1. The standard InChI is InChI=1S/C17H20N4S2/c1-12(14-9-7-13(11-18)8-10-14)22-17-21-20-16(23-17)19-15-5-3-2-4-6-15/h7-10,12,15H,2-6H2,1H3,(H,19,20). The molecular weight excluding hydrogens is 324 g/mol. The van der Waals surface area contributed by atoms with Crippen LogP contribution < -0.4 is 5.32 Å². The van der Waals surface area contributed by atoms with Crippen LogP contribution in [0.5, 0.6) is 0 Å². The van der Waals surface area contributed by atoms with Crippen LogP contribution in [0.4, 0.5) is 5.13 Å². The van der Waals surface area contributed by atoms with Crippen LogP contribution in [-0.2, 0) is 0 Å². The van der Waals surface area contributed by atoms with Crippen molar-refractivity contribution in [2.75, 3.05) is 5.32 Å². The molecule has 1 heterocycles. The molecule has 2 aromatic rings. The first-order valence-corrected chi connectivity index (χ1v) is 9.71. The second-order valence-electron chi connectivity index (χ2n) is 5.85. The molecule has 1 aromatic heterocycles. The molecule has 0 amide bonds. The van der Waals surface area contributed by atoms with Crippen molar-refractivity contribution in [3.05, 3.63) is 35.4 Å². The number of nitriles is 1. The monoisotopic (exact) mass is 344 g/mol. The third-order valence-electron chi connectivity index (χ3n) is 4.13. The molecule has 0 bridgehead atoms. The van der Waals surface area contributed by atoms with Gasteiger partial charge in [0, 0.05) is 11.3 Å². The van der Waals surface area contributed by atoms with E-state index in [9.17, 15) is 0 Å². The summed E-state index contributed by atoms with van der Waals surface area (Å²) >= 11 is 3.35. The highest BCUT2D eigenvalue weighted by Gasteiger charge is 2.16. The van der Waals surface area contributed by atoms with E-state index in [1.54, 1.807) is 23.1 Å². The largest absolute Gasteiger partial charge is 0.357 e. The van der Waals surface area contributed by atoms with Crippen molar-refractivity contribution in [1.82, 2.24) is 10.2 Å². The number of nitrogens with zero attached hydrogens (tertiary/aromatic N) is 3. The average molecular weight is 345 g/mol.